The molecule has 0 unspecified atom stereocenters. The third kappa shape index (κ3) is 6.04. The number of nitrogens with two attached hydrogens (primary N) is 1. The molecule has 5 aromatic rings. The first-order valence-electron chi connectivity index (χ1n) is 13.9. The molecule has 1 aliphatic heterocycles. The number of anilines is 1. The Bertz CT molecular complexity index is 1700. The normalized spacial score (nSPS) is 21.6. The predicted octanol–water partition coefficient (Wildman–Crippen LogP) is 5.58. The molecular formula is C33H30BrN5O4. The van der Waals surface area contributed by atoms with Crippen molar-refractivity contribution in [2.75, 3.05) is 12.3 Å². The van der Waals surface area contributed by atoms with Gasteiger partial charge in [-0.15, -0.1) is 0 Å². The summed E-state index contributed by atoms with van der Waals surface area (Å²) in [4.78, 5) is 4.13. The number of aromatic nitrogens is 3. The molecule has 6 rings (SSSR count). The minimum atomic E-state index is -1.62. The van der Waals surface area contributed by atoms with Crippen LogP contribution in [-0.4, -0.2) is 39.5 Å². The van der Waals surface area contributed by atoms with Crippen LogP contribution in [0.4, 0.5) is 5.82 Å². The average Bonchev–Trinajstić information content (AvgIpc) is 3.55. The van der Waals surface area contributed by atoms with Gasteiger partial charge in [0.15, 0.2) is 5.82 Å². The first-order valence-corrected chi connectivity index (χ1v) is 14.7. The molecule has 0 amide bonds. The summed E-state index contributed by atoms with van der Waals surface area (Å²) in [6.07, 6.45) is -0.811. The van der Waals surface area contributed by atoms with Gasteiger partial charge in [-0.2, -0.15) is 10.4 Å². The van der Waals surface area contributed by atoms with E-state index in [0.29, 0.717) is 28.9 Å². The molecule has 1 saturated heterocycles. The van der Waals surface area contributed by atoms with Crippen molar-refractivity contribution in [3.05, 3.63) is 130 Å². The summed E-state index contributed by atoms with van der Waals surface area (Å²) >= 11 is 3.58. The number of hydrogen-bond donors (Lipinski definition) is 1. The van der Waals surface area contributed by atoms with E-state index in [4.69, 9.17) is 24.7 Å². The van der Waals surface area contributed by atoms with Gasteiger partial charge in [0.2, 0.25) is 5.60 Å². The van der Waals surface area contributed by atoms with Gasteiger partial charge in [-0.3, -0.25) is 0 Å². The van der Waals surface area contributed by atoms with Crippen LogP contribution in [0, 0.1) is 11.3 Å². The Morgan fingerprint density at radius 1 is 0.884 bits per heavy atom. The minimum absolute atomic E-state index is 0.171. The van der Waals surface area contributed by atoms with Crippen LogP contribution in [0.2, 0.25) is 0 Å². The molecule has 2 N–H and O–H groups in total. The van der Waals surface area contributed by atoms with E-state index in [-0.39, 0.29) is 19.0 Å². The second-order valence-corrected chi connectivity index (χ2v) is 11.1. The van der Waals surface area contributed by atoms with E-state index in [1.54, 1.807) is 10.6 Å². The van der Waals surface area contributed by atoms with E-state index in [2.05, 4.69) is 32.1 Å². The minimum Gasteiger partial charge on any atom is -0.382 e. The Balaban J connectivity index is 1.39. The summed E-state index contributed by atoms with van der Waals surface area (Å²) in [6, 6.07) is 33.8. The van der Waals surface area contributed by atoms with Crippen molar-refractivity contribution in [2.45, 2.75) is 43.7 Å². The highest BCUT2D eigenvalue weighted by molar-refractivity contribution is 9.10. The number of fused-ring (bicyclic) bond motifs is 1. The van der Waals surface area contributed by atoms with Crippen LogP contribution < -0.4 is 5.73 Å². The summed E-state index contributed by atoms with van der Waals surface area (Å²) in [5.74, 6) is 0.264. The fourth-order valence-electron chi connectivity index (χ4n) is 5.37. The van der Waals surface area contributed by atoms with Crippen molar-refractivity contribution >= 4 is 27.3 Å². The molecule has 9 nitrogen and oxygen atoms in total. The Labute approximate surface area is 257 Å². The number of nitrogens with zero attached hydrogens (tertiary/aromatic N) is 4. The van der Waals surface area contributed by atoms with Crippen molar-refractivity contribution in [1.82, 2.24) is 14.6 Å². The molecule has 2 aromatic heterocycles. The predicted molar refractivity (Wildman–Crippen MR) is 163 cm³/mol. The Kier molecular flexibility index (Phi) is 8.79. The highest BCUT2D eigenvalue weighted by atomic mass is 79.9. The van der Waals surface area contributed by atoms with Gasteiger partial charge >= 0.3 is 0 Å². The second kappa shape index (κ2) is 13.0. The highest BCUT2D eigenvalue weighted by Gasteiger charge is 2.60. The van der Waals surface area contributed by atoms with Gasteiger partial charge < -0.3 is 24.7 Å². The zero-order valence-corrected chi connectivity index (χ0v) is 24.8. The SMILES string of the molecule is N#C[C@@]1(c2cc(Br)c3c(N)ncnn23)O[C@H](COCc2ccccc2)[C@@H](OCc2ccccc2)[C@H]1OCc1ccccc1. The molecule has 3 heterocycles. The van der Waals surface area contributed by atoms with E-state index in [0.717, 1.165) is 16.7 Å². The molecule has 1 fully saturated rings. The van der Waals surface area contributed by atoms with Crippen LogP contribution in [0.1, 0.15) is 22.4 Å². The van der Waals surface area contributed by atoms with Crippen molar-refractivity contribution in [3.8, 4) is 6.07 Å². The highest BCUT2D eigenvalue weighted by Crippen LogP contribution is 2.45. The maximum atomic E-state index is 10.9. The van der Waals surface area contributed by atoms with E-state index >= 15 is 0 Å². The summed E-state index contributed by atoms with van der Waals surface area (Å²) < 4.78 is 28.2. The molecule has 218 valence electrons. The number of ether oxygens (including phenoxy) is 4. The van der Waals surface area contributed by atoms with Crippen LogP contribution in [0.3, 0.4) is 0 Å². The standard InChI is InChI=1S/C33H30BrN5O4/c34-26-16-28(39-29(26)32(36)37-22-38-39)33(21-35)31(42-19-25-14-8-3-9-15-25)30(41-18-24-12-6-2-7-13-24)27(43-33)20-40-17-23-10-4-1-5-11-23/h1-16,22,27,30-31H,17-20H2,(H2,36,37,38)/t27-,30-,31-,33+/m1/s1. The molecule has 0 saturated carbocycles. The van der Waals surface area contributed by atoms with E-state index in [1.807, 2.05) is 91.0 Å². The lowest BCUT2D eigenvalue weighted by molar-refractivity contribution is -0.0971. The molecule has 0 spiro atoms. The first-order chi connectivity index (χ1) is 21.1. The molecule has 1 aliphatic rings. The fraction of sp³-hybridized carbons (Fsp3) is 0.242. The van der Waals surface area contributed by atoms with Gasteiger partial charge in [0.1, 0.15) is 36.2 Å². The second-order valence-electron chi connectivity index (χ2n) is 10.3. The van der Waals surface area contributed by atoms with Crippen LogP contribution in [0.5, 0.6) is 0 Å². The van der Waals surface area contributed by atoms with Gasteiger partial charge in [-0.05, 0) is 38.7 Å². The summed E-state index contributed by atoms with van der Waals surface area (Å²) in [5, 5.41) is 15.4. The zero-order chi connectivity index (χ0) is 29.6. The lowest BCUT2D eigenvalue weighted by Crippen LogP contribution is -2.44. The van der Waals surface area contributed by atoms with Crippen molar-refractivity contribution < 1.29 is 18.9 Å². The molecule has 4 atom stereocenters. The Hall–Kier alpha value is -4.11. The van der Waals surface area contributed by atoms with Gasteiger partial charge in [0, 0.05) is 4.47 Å². The maximum Gasteiger partial charge on any atom is 0.225 e. The molecule has 10 heteroatoms. The monoisotopic (exact) mass is 639 g/mol. The number of nitrogen functional groups attached to an aromatic ring is 1. The lowest BCUT2D eigenvalue weighted by Gasteiger charge is -2.29. The number of hydrogen-bond acceptors (Lipinski definition) is 8. The summed E-state index contributed by atoms with van der Waals surface area (Å²) in [7, 11) is 0. The van der Waals surface area contributed by atoms with Crippen molar-refractivity contribution in [1.29, 1.82) is 5.26 Å². The third-order valence-electron chi connectivity index (χ3n) is 7.44. The quantitative estimate of drug-likeness (QED) is 0.199. The Morgan fingerprint density at radius 2 is 1.47 bits per heavy atom. The van der Waals surface area contributed by atoms with Gasteiger partial charge in [-0.25, -0.2) is 9.50 Å². The van der Waals surface area contributed by atoms with Gasteiger partial charge in [0.25, 0.3) is 0 Å². The number of halogens is 1. The van der Waals surface area contributed by atoms with Crippen LogP contribution in [0.15, 0.2) is 108 Å². The zero-order valence-electron chi connectivity index (χ0n) is 23.3. The van der Waals surface area contributed by atoms with Gasteiger partial charge in [0.05, 0.1) is 32.1 Å². The molecule has 0 radical (unpaired) electrons. The third-order valence-corrected chi connectivity index (χ3v) is 8.04. The van der Waals surface area contributed by atoms with Crippen LogP contribution >= 0.6 is 15.9 Å². The number of benzene rings is 3. The number of nitriles is 1. The van der Waals surface area contributed by atoms with E-state index < -0.39 is 23.9 Å². The van der Waals surface area contributed by atoms with E-state index in [9.17, 15) is 5.26 Å². The molecular weight excluding hydrogens is 610 g/mol. The van der Waals surface area contributed by atoms with Crippen LogP contribution in [-0.2, 0) is 44.4 Å². The summed E-state index contributed by atoms with van der Waals surface area (Å²) in [5.41, 5.74) is 8.53. The fourth-order valence-corrected chi connectivity index (χ4v) is 5.96. The Morgan fingerprint density at radius 3 is 2.07 bits per heavy atom. The maximum absolute atomic E-state index is 10.9. The number of rotatable bonds is 11. The average molecular weight is 641 g/mol. The topological polar surface area (TPSA) is 117 Å². The first kappa shape index (κ1) is 29.0. The summed E-state index contributed by atoms with van der Waals surface area (Å²) in [6.45, 7) is 1.09. The van der Waals surface area contributed by atoms with Crippen molar-refractivity contribution in [3.63, 3.8) is 0 Å². The largest absolute Gasteiger partial charge is 0.382 e. The molecule has 0 bridgehead atoms. The molecule has 3 aromatic carbocycles. The van der Waals surface area contributed by atoms with Crippen molar-refractivity contribution in [2.24, 2.45) is 0 Å². The smallest absolute Gasteiger partial charge is 0.225 e. The van der Waals surface area contributed by atoms with Crippen LogP contribution in [0.25, 0.3) is 5.52 Å². The lowest BCUT2D eigenvalue weighted by atomic mass is 9.92. The molecule has 43 heavy (non-hydrogen) atoms. The van der Waals surface area contributed by atoms with Gasteiger partial charge in [-0.1, -0.05) is 91.0 Å². The molecule has 0 aliphatic carbocycles. The van der Waals surface area contributed by atoms with E-state index in [1.165, 1.54) is 6.33 Å².